The average Bonchev–Trinajstić information content (AvgIpc) is 3.17. The average molecular weight is 258 g/mol. The minimum atomic E-state index is 0.744. The Balaban J connectivity index is 2.09. The van der Waals surface area contributed by atoms with E-state index >= 15 is 0 Å². The van der Waals surface area contributed by atoms with Crippen molar-refractivity contribution in [2.75, 3.05) is 7.11 Å². The SMILES string of the molecule is COc1cc(C)c2c(c1)c(C)c(CNC1CC1)n2C. The number of fused-ring (bicyclic) bond motifs is 1. The number of aryl methyl sites for hydroxylation is 3. The number of benzene rings is 1. The Labute approximate surface area is 114 Å². The van der Waals surface area contributed by atoms with Crippen molar-refractivity contribution in [1.29, 1.82) is 0 Å². The zero-order valence-electron chi connectivity index (χ0n) is 12.2. The second-order valence-electron chi connectivity index (χ2n) is 5.63. The lowest BCUT2D eigenvalue weighted by Gasteiger charge is -2.08. The molecule has 3 nitrogen and oxygen atoms in total. The molecule has 0 spiro atoms. The summed E-state index contributed by atoms with van der Waals surface area (Å²) in [6.45, 7) is 5.33. The molecule has 1 aromatic carbocycles. The summed E-state index contributed by atoms with van der Waals surface area (Å²) in [5.41, 5.74) is 5.36. The van der Waals surface area contributed by atoms with Gasteiger partial charge < -0.3 is 14.6 Å². The van der Waals surface area contributed by atoms with Crippen molar-refractivity contribution in [1.82, 2.24) is 9.88 Å². The van der Waals surface area contributed by atoms with Gasteiger partial charge in [-0.15, -0.1) is 0 Å². The van der Waals surface area contributed by atoms with Crippen LogP contribution in [0.4, 0.5) is 0 Å². The molecule has 3 rings (SSSR count). The highest BCUT2D eigenvalue weighted by molar-refractivity contribution is 5.89. The number of ether oxygens (including phenoxy) is 1. The third-order valence-electron chi connectivity index (χ3n) is 4.22. The molecule has 0 aliphatic heterocycles. The lowest BCUT2D eigenvalue weighted by Crippen LogP contribution is -2.18. The number of methoxy groups -OCH3 is 1. The van der Waals surface area contributed by atoms with Gasteiger partial charge in [0.1, 0.15) is 5.75 Å². The molecule has 1 N–H and O–H groups in total. The summed E-state index contributed by atoms with van der Waals surface area (Å²) in [5, 5.41) is 4.92. The summed E-state index contributed by atoms with van der Waals surface area (Å²) in [6, 6.07) is 5.01. The zero-order valence-corrected chi connectivity index (χ0v) is 12.2. The molecule has 2 aromatic rings. The molecule has 1 heterocycles. The van der Waals surface area contributed by atoms with E-state index < -0.39 is 0 Å². The molecule has 1 aliphatic rings. The third kappa shape index (κ3) is 2.12. The summed E-state index contributed by atoms with van der Waals surface area (Å²) < 4.78 is 7.72. The van der Waals surface area contributed by atoms with Crippen LogP contribution in [0.2, 0.25) is 0 Å². The first-order chi connectivity index (χ1) is 9.11. The van der Waals surface area contributed by atoms with E-state index in [1.54, 1.807) is 7.11 Å². The van der Waals surface area contributed by atoms with Crippen LogP contribution in [-0.2, 0) is 13.6 Å². The van der Waals surface area contributed by atoms with Crippen molar-refractivity contribution in [3.8, 4) is 5.75 Å². The molecule has 0 unspecified atom stereocenters. The van der Waals surface area contributed by atoms with Crippen LogP contribution < -0.4 is 10.1 Å². The number of rotatable bonds is 4. The van der Waals surface area contributed by atoms with Gasteiger partial charge in [0.2, 0.25) is 0 Å². The normalized spacial score (nSPS) is 15.2. The van der Waals surface area contributed by atoms with Gasteiger partial charge in [-0.05, 0) is 49.9 Å². The summed E-state index contributed by atoms with van der Waals surface area (Å²) in [5.74, 6) is 0.945. The van der Waals surface area contributed by atoms with Crippen molar-refractivity contribution in [3.05, 3.63) is 29.0 Å². The van der Waals surface area contributed by atoms with Gasteiger partial charge in [-0.1, -0.05) is 0 Å². The number of nitrogens with zero attached hydrogens (tertiary/aromatic N) is 1. The quantitative estimate of drug-likeness (QED) is 0.912. The van der Waals surface area contributed by atoms with E-state index in [2.05, 4.69) is 42.9 Å². The monoisotopic (exact) mass is 258 g/mol. The predicted molar refractivity (Wildman–Crippen MR) is 78.8 cm³/mol. The lowest BCUT2D eigenvalue weighted by atomic mass is 10.1. The third-order valence-corrected chi connectivity index (χ3v) is 4.22. The van der Waals surface area contributed by atoms with Gasteiger partial charge in [0, 0.05) is 30.7 Å². The van der Waals surface area contributed by atoms with Gasteiger partial charge >= 0.3 is 0 Å². The molecule has 1 aliphatic carbocycles. The largest absolute Gasteiger partial charge is 0.497 e. The maximum absolute atomic E-state index is 5.39. The molecule has 3 heteroatoms. The van der Waals surface area contributed by atoms with Crippen LogP contribution in [-0.4, -0.2) is 17.7 Å². The summed E-state index contributed by atoms with van der Waals surface area (Å²) in [6.07, 6.45) is 2.66. The molecule has 0 saturated heterocycles. The summed E-state index contributed by atoms with van der Waals surface area (Å²) >= 11 is 0. The Hall–Kier alpha value is -1.48. The highest BCUT2D eigenvalue weighted by Crippen LogP contribution is 2.31. The van der Waals surface area contributed by atoms with Crippen LogP contribution in [0.1, 0.15) is 29.7 Å². The lowest BCUT2D eigenvalue weighted by molar-refractivity contribution is 0.415. The minimum Gasteiger partial charge on any atom is -0.497 e. The molecule has 0 amide bonds. The van der Waals surface area contributed by atoms with Gasteiger partial charge in [-0.2, -0.15) is 0 Å². The van der Waals surface area contributed by atoms with E-state index in [0.29, 0.717) is 0 Å². The Kier molecular flexibility index (Phi) is 3.02. The Morgan fingerprint density at radius 3 is 2.68 bits per heavy atom. The summed E-state index contributed by atoms with van der Waals surface area (Å²) in [4.78, 5) is 0. The standard InChI is InChI=1S/C16H22N2O/c1-10-7-13(19-4)8-14-11(2)15(18(3)16(10)14)9-17-12-5-6-12/h7-8,12,17H,5-6,9H2,1-4H3. The van der Waals surface area contributed by atoms with Gasteiger partial charge in [-0.3, -0.25) is 0 Å². The van der Waals surface area contributed by atoms with E-state index in [1.807, 2.05) is 0 Å². The molecule has 1 aromatic heterocycles. The number of hydrogen-bond donors (Lipinski definition) is 1. The predicted octanol–water partition coefficient (Wildman–Crippen LogP) is 3.06. The number of nitrogens with one attached hydrogen (secondary N) is 1. The molecular formula is C16H22N2O. The second kappa shape index (κ2) is 4.57. The maximum atomic E-state index is 5.39. The van der Waals surface area contributed by atoms with E-state index in [-0.39, 0.29) is 0 Å². The van der Waals surface area contributed by atoms with Crippen molar-refractivity contribution in [3.63, 3.8) is 0 Å². The Morgan fingerprint density at radius 1 is 1.32 bits per heavy atom. The van der Waals surface area contributed by atoms with E-state index in [4.69, 9.17) is 4.74 Å². The molecular weight excluding hydrogens is 236 g/mol. The second-order valence-corrected chi connectivity index (χ2v) is 5.63. The minimum absolute atomic E-state index is 0.744. The van der Waals surface area contributed by atoms with Crippen LogP contribution >= 0.6 is 0 Å². The highest BCUT2D eigenvalue weighted by atomic mass is 16.5. The fraction of sp³-hybridized carbons (Fsp3) is 0.500. The number of hydrogen-bond acceptors (Lipinski definition) is 2. The van der Waals surface area contributed by atoms with Gasteiger partial charge in [0.05, 0.1) is 12.6 Å². The smallest absolute Gasteiger partial charge is 0.119 e. The first-order valence-corrected chi connectivity index (χ1v) is 6.97. The van der Waals surface area contributed by atoms with Crippen LogP contribution in [0.25, 0.3) is 10.9 Å². The van der Waals surface area contributed by atoms with Crippen LogP contribution in [0, 0.1) is 13.8 Å². The van der Waals surface area contributed by atoms with Crippen molar-refractivity contribution in [2.24, 2.45) is 7.05 Å². The number of aromatic nitrogens is 1. The first-order valence-electron chi connectivity index (χ1n) is 6.97. The van der Waals surface area contributed by atoms with Crippen LogP contribution in [0.5, 0.6) is 5.75 Å². The van der Waals surface area contributed by atoms with Gasteiger partial charge in [-0.25, -0.2) is 0 Å². The van der Waals surface area contributed by atoms with Gasteiger partial charge in [0.25, 0.3) is 0 Å². The first kappa shape index (κ1) is 12.5. The van der Waals surface area contributed by atoms with E-state index in [0.717, 1.165) is 18.3 Å². The van der Waals surface area contributed by atoms with Gasteiger partial charge in [0.15, 0.2) is 0 Å². The van der Waals surface area contributed by atoms with E-state index in [1.165, 1.54) is 40.6 Å². The Bertz CT molecular complexity index is 623. The highest BCUT2D eigenvalue weighted by Gasteiger charge is 2.22. The molecule has 102 valence electrons. The molecule has 1 fully saturated rings. The van der Waals surface area contributed by atoms with E-state index in [9.17, 15) is 0 Å². The fourth-order valence-electron chi connectivity index (χ4n) is 2.92. The van der Waals surface area contributed by atoms with Crippen LogP contribution in [0.15, 0.2) is 12.1 Å². The maximum Gasteiger partial charge on any atom is 0.119 e. The van der Waals surface area contributed by atoms with Crippen molar-refractivity contribution >= 4 is 10.9 Å². The molecule has 0 bridgehead atoms. The van der Waals surface area contributed by atoms with Crippen molar-refractivity contribution in [2.45, 2.75) is 39.3 Å². The zero-order chi connectivity index (χ0) is 13.6. The van der Waals surface area contributed by atoms with Crippen LogP contribution in [0.3, 0.4) is 0 Å². The molecule has 19 heavy (non-hydrogen) atoms. The topological polar surface area (TPSA) is 26.2 Å². The van der Waals surface area contributed by atoms with Crippen molar-refractivity contribution < 1.29 is 4.74 Å². The molecule has 0 radical (unpaired) electrons. The fourth-order valence-corrected chi connectivity index (χ4v) is 2.92. The molecule has 0 atom stereocenters. The summed E-state index contributed by atoms with van der Waals surface area (Å²) in [7, 11) is 3.90. The Morgan fingerprint density at radius 2 is 2.05 bits per heavy atom. The molecule has 1 saturated carbocycles.